The Kier molecular flexibility index (Phi) is 4.07. The van der Waals surface area contributed by atoms with Gasteiger partial charge in [-0.2, -0.15) is 5.10 Å². The number of carbonyl (C=O) groups excluding carboxylic acids is 1. The third kappa shape index (κ3) is 2.93. The Labute approximate surface area is 135 Å². The molecule has 0 N–H and O–H groups in total. The number of nitrogens with zero attached hydrogens (tertiary/aromatic N) is 4. The molecular weight excluding hydrogens is 292 g/mol. The molecule has 1 atom stereocenters. The molecule has 0 spiro atoms. The zero-order chi connectivity index (χ0) is 16.6. The molecule has 3 rings (SSSR count). The molecule has 0 radical (unpaired) electrons. The molecule has 0 saturated carbocycles. The number of rotatable bonds is 3. The van der Waals surface area contributed by atoms with Crippen molar-refractivity contribution in [3.8, 4) is 0 Å². The molecule has 1 aliphatic heterocycles. The van der Waals surface area contributed by atoms with Gasteiger partial charge in [0.1, 0.15) is 5.56 Å². The first-order valence-corrected chi connectivity index (χ1v) is 7.94. The minimum absolute atomic E-state index is 0.0906. The number of carbonyl (C=O) groups is 1. The molecule has 0 unspecified atom stereocenters. The number of aromatic nitrogens is 3. The lowest BCUT2D eigenvalue weighted by Gasteiger charge is -2.24. The lowest BCUT2D eigenvalue weighted by Crippen LogP contribution is -2.41. The van der Waals surface area contributed by atoms with Crippen molar-refractivity contribution in [3.05, 3.63) is 51.7 Å². The smallest absolute Gasteiger partial charge is 0.263 e. The van der Waals surface area contributed by atoms with E-state index in [0.717, 1.165) is 24.1 Å². The van der Waals surface area contributed by atoms with Crippen molar-refractivity contribution in [3.63, 3.8) is 0 Å². The Balaban J connectivity index is 1.83. The SMILES string of the molecule is Cc1cnn(C[C@H]2CCCN2C(=O)c2ccc(C)n(C)c2=O)c1. The van der Waals surface area contributed by atoms with Gasteiger partial charge in [-0.25, -0.2) is 0 Å². The Hall–Kier alpha value is -2.37. The number of amides is 1. The molecule has 122 valence electrons. The summed E-state index contributed by atoms with van der Waals surface area (Å²) in [6.45, 7) is 5.22. The second-order valence-electron chi connectivity index (χ2n) is 6.29. The number of hydrogen-bond acceptors (Lipinski definition) is 3. The van der Waals surface area contributed by atoms with Gasteiger partial charge in [-0.3, -0.25) is 14.3 Å². The van der Waals surface area contributed by atoms with Crippen LogP contribution in [-0.2, 0) is 13.6 Å². The molecule has 23 heavy (non-hydrogen) atoms. The summed E-state index contributed by atoms with van der Waals surface area (Å²) < 4.78 is 3.40. The fourth-order valence-corrected chi connectivity index (χ4v) is 3.12. The summed E-state index contributed by atoms with van der Waals surface area (Å²) in [6, 6.07) is 3.55. The summed E-state index contributed by atoms with van der Waals surface area (Å²) >= 11 is 0. The zero-order valence-corrected chi connectivity index (χ0v) is 13.8. The Morgan fingerprint density at radius 2 is 2.13 bits per heavy atom. The summed E-state index contributed by atoms with van der Waals surface area (Å²) in [7, 11) is 1.70. The van der Waals surface area contributed by atoms with Crippen LogP contribution in [0.15, 0.2) is 29.3 Å². The highest BCUT2D eigenvalue weighted by Gasteiger charge is 2.31. The van der Waals surface area contributed by atoms with Crippen LogP contribution in [0, 0.1) is 13.8 Å². The maximum absolute atomic E-state index is 12.8. The van der Waals surface area contributed by atoms with E-state index in [-0.39, 0.29) is 23.1 Å². The average molecular weight is 314 g/mol. The van der Waals surface area contributed by atoms with Crippen molar-refractivity contribution < 1.29 is 4.79 Å². The maximum atomic E-state index is 12.8. The second-order valence-corrected chi connectivity index (χ2v) is 6.29. The van der Waals surface area contributed by atoms with Gasteiger partial charge in [0, 0.05) is 25.5 Å². The molecule has 6 nitrogen and oxygen atoms in total. The van der Waals surface area contributed by atoms with Gasteiger partial charge < -0.3 is 9.47 Å². The van der Waals surface area contributed by atoms with E-state index in [2.05, 4.69) is 5.10 Å². The van der Waals surface area contributed by atoms with Crippen LogP contribution in [0.3, 0.4) is 0 Å². The van der Waals surface area contributed by atoms with Gasteiger partial charge in [-0.1, -0.05) is 0 Å². The number of pyridine rings is 1. The van der Waals surface area contributed by atoms with E-state index < -0.39 is 0 Å². The monoisotopic (exact) mass is 314 g/mol. The normalized spacial score (nSPS) is 17.7. The van der Waals surface area contributed by atoms with Gasteiger partial charge >= 0.3 is 0 Å². The van der Waals surface area contributed by atoms with Crippen LogP contribution in [-0.4, -0.2) is 37.7 Å². The zero-order valence-electron chi connectivity index (χ0n) is 13.8. The highest BCUT2D eigenvalue weighted by molar-refractivity contribution is 5.94. The van der Waals surface area contributed by atoms with Crippen LogP contribution >= 0.6 is 0 Å². The standard InChI is InChI=1S/C17H22N4O2/c1-12-9-18-20(10-12)11-14-5-4-8-21(14)17(23)15-7-6-13(2)19(3)16(15)22/h6-7,9-10,14H,4-5,8,11H2,1-3H3/t14-/m1/s1. The van der Waals surface area contributed by atoms with Gasteiger partial charge in [0.05, 0.1) is 18.8 Å². The molecule has 0 aliphatic carbocycles. The molecule has 2 aromatic heterocycles. The maximum Gasteiger partial charge on any atom is 0.263 e. The van der Waals surface area contributed by atoms with Gasteiger partial charge in [-0.05, 0) is 44.4 Å². The van der Waals surface area contributed by atoms with Crippen LogP contribution < -0.4 is 5.56 Å². The van der Waals surface area contributed by atoms with Crippen molar-refractivity contribution in [2.45, 2.75) is 39.3 Å². The quantitative estimate of drug-likeness (QED) is 0.862. The molecule has 2 aromatic rings. The van der Waals surface area contributed by atoms with Crippen molar-refractivity contribution in [1.82, 2.24) is 19.2 Å². The number of aryl methyl sites for hydroxylation is 2. The fourth-order valence-electron chi connectivity index (χ4n) is 3.12. The lowest BCUT2D eigenvalue weighted by atomic mass is 10.2. The number of hydrogen-bond donors (Lipinski definition) is 0. The molecule has 1 fully saturated rings. The first-order valence-electron chi connectivity index (χ1n) is 7.94. The van der Waals surface area contributed by atoms with Crippen LogP contribution in [0.4, 0.5) is 0 Å². The first kappa shape index (κ1) is 15.5. The van der Waals surface area contributed by atoms with E-state index in [1.807, 2.05) is 41.9 Å². The van der Waals surface area contributed by atoms with E-state index in [1.165, 1.54) is 4.57 Å². The van der Waals surface area contributed by atoms with Crippen molar-refractivity contribution in [2.75, 3.05) is 6.54 Å². The van der Waals surface area contributed by atoms with Gasteiger partial charge in [-0.15, -0.1) is 0 Å². The topological polar surface area (TPSA) is 60.1 Å². The Bertz CT molecular complexity index is 790. The Morgan fingerprint density at radius 3 is 2.83 bits per heavy atom. The first-order chi connectivity index (χ1) is 11.0. The van der Waals surface area contributed by atoms with Crippen molar-refractivity contribution in [1.29, 1.82) is 0 Å². The summed E-state index contributed by atoms with van der Waals surface area (Å²) in [5.41, 5.74) is 1.97. The molecule has 0 bridgehead atoms. The van der Waals surface area contributed by atoms with Gasteiger partial charge in [0.25, 0.3) is 11.5 Å². The highest BCUT2D eigenvalue weighted by atomic mass is 16.2. The number of likely N-dealkylation sites (tertiary alicyclic amines) is 1. The minimum atomic E-state index is -0.226. The Morgan fingerprint density at radius 1 is 1.35 bits per heavy atom. The molecule has 1 amide bonds. The molecule has 6 heteroatoms. The summed E-state index contributed by atoms with van der Waals surface area (Å²) in [5, 5.41) is 4.30. The predicted molar refractivity (Wildman–Crippen MR) is 87.4 cm³/mol. The van der Waals surface area contributed by atoms with Crippen molar-refractivity contribution >= 4 is 5.91 Å². The molecule has 0 aromatic carbocycles. The lowest BCUT2D eigenvalue weighted by molar-refractivity contribution is 0.0719. The van der Waals surface area contributed by atoms with Crippen LogP contribution in [0.2, 0.25) is 0 Å². The highest BCUT2D eigenvalue weighted by Crippen LogP contribution is 2.21. The van der Waals surface area contributed by atoms with E-state index in [1.54, 1.807) is 13.1 Å². The fraction of sp³-hybridized carbons (Fsp3) is 0.471. The molecule has 3 heterocycles. The predicted octanol–water partition coefficient (Wildman–Crippen LogP) is 1.50. The summed E-state index contributed by atoms with van der Waals surface area (Å²) in [4.78, 5) is 27.0. The molecule has 1 saturated heterocycles. The van der Waals surface area contributed by atoms with E-state index in [4.69, 9.17) is 0 Å². The van der Waals surface area contributed by atoms with Crippen LogP contribution in [0.25, 0.3) is 0 Å². The van der Waals surface area contributed by atoms with E-state index in [9.17, 15) is 9.59 Å². The van der Waals surface area contributed by atoms with Gasteiger partial charge in [0.2, 0.25) is 0 Å². The summed E-state index contributed by atoms with van der Waals surface area (Å²) in [5.74, 6) is -0.169. The van der Waals surface area contributed by atoms with Crippen LogP contribution in [0.5, 0.6) is 0 Å². The molecular formula is C17H22N4O2. The largest absolute Gasteiger partial charge is 0.334 e. The van der Waals surface area contributed by atoms with Gasteiger partial charge in [0.15, 0.2) is 0 Å². The average Bonchev–Trinajstić information content (AvgIpc) is 3.14. The third-order valence-electron chi connectivity index (χ3n) is 4.58. The van der Waals surface area contributed by atoms with E-state index in [0.29, 0.717) is 13.1 Å². The van der Waals surface area contributed by atoms with Crippen molar-refractivity contribution in [2.24, 2.45) is 7.05 Å². The van der Waals surface area contributed by atoms with Crippen LogP contribution in [0.1, 0.15) is 34.5 Å². The molecule has 1 aliphatic rings. The minimum Gasteiger partial charge on any atom is -0.334 e. The van der Waals surface area contributed by atoms with E-state index >= 15 is 0 Å². The summed E-state index contributed by atoms with van der Waals surface area (Å²) in [6.07, 6.45) is 5.70. The second kappa shape index (κ2) is 6.02. The third-order valence-corrected chi connectivity index (χ3v) is 4.58.